The number of amides is 1. The van der Waals surface area contributed by atoms with Crippen molar-refractivity contribution >= 4 is 34.2 Å². The molecular formula is C33H36N6O4. The van der Waals surface area contributed by atoms with Crippen molar-refractivity contribution in [2.75, 3.05) is 45.7 Å². The van der Waals surface area contributed by atoms with Crippen molar-refractivity contribution in [3.8, 4) is 11.6 Å². The van der Waals surface area contributed by atoms with Crippen molar-refractivity contribution in [3.63, 3.8) is 0 Å². The SMILES string of the molecule is COc1cc(C(=O)N2CCN(C)CC2)ccc1Nc1nc2c(c(OC3CCCC3)n1)C(c1ccc3nc(C)oc3c1)=CC2. The Morgan fingerprint density at radius 3 is 2.63 bits per heavy atom. The molecular weight excluding hydrogens is 544 g/mol. The summed E-state index contributed by atoms with van der Waals surface area (Å²) in [5.41, 5.74) is 6.75. The number of hydrogen-bond donors (Lipinski definition) is 1. The standard InChI is InChI=1S/C33H36N6O4/c1-20-34-26-11-8-21(18-29(26)42-20)24-10-13-27-30(24)31(43-23-6-4-5-7-23)37-33(36-27)35-25-12-9-22(19-28(25)41-3)32(40)39-16-14-38(2)15-17-39/h8-12,18-19,23H,4-7,13-17H2,1-3H3,(H,35,36,37). The fourth-order valence-corrected chi connectivity index (χ4v) is 6.22. The lowest BCUT2D eigenvalue weighted by atomic mass is 10.0. The van der Waals surface area contributed by atoms with Crippen LogP contribution in [0.5, 0.6) is 11.6 Å². The highest BCUT2D eigenvalue weighted by atomic mass is 16.5. The molecule has 43 heavy (non-hydrogen) atoms. The smallest absolute Gasteiger partial charge is 0.254 e. The summed E-state index contributed by atoms with van der Waals surface area (Å²) < 4.78 is 18.1. The molecule has 10 nitrogen and oxygen atoms in total. The van der Waals surface area contributed by atoms with Crippen molar-refractivity contribution in [2.45, 2.75) is 45.1 Å². The summed E-state index contributed by atoms with van der Waals surface area (Å²) in [5, 5.41) is 3.35. The van der Waals surface area contributed by atoms with Crippen LogP contribution in [0.25, 0.3) is 16.7 Å². The predicted octanol–water partition coefficient (Wildman–Crippen LogP) is 5.38. The van der Waals surface area contributed by atoms with Crippen LogP contribution in [0.1, 0.15) is 58.8 Å². The number of aromatic nitrogens is 3. The summed E-state index contributed by atoms with van der Waals surface area (Å²) in [6.45, 7) is 5.02. The highest BCUT2D eigenvalue weighted by Crippen LogP contribution is 2.41. The first-order valence-electron chi connectivity index (χ1n) is 15.0. The molecule has 10 heteroatoms. The predicted molar refractivity (Wildman–Crippen MR) is 164 cm³/mol. The van der Waals surface area contributed by atoms with Crippen molar-refractivity contribution in [1.82, 2.24) is 24.8 Å². The van der Waals surface area contributed by atoms with Gasteiger partial charge in [-0.3, -0.25) is 4.79 Å². The largest absolute Gasteiger partial charge is 0.495 e. The molecule has 222 valence electrons. The monoisotopic (exact) mass is 580 g/mol. The minimum atomic E-state index is 0.0104. The van der Waals surface area contributed by atoms with Crippen LogP contribution in [0.15, 0.2) is 46.9 Å². The molecule has 2 fully saturated rings. The zero-order valence-electron chi connectivity index (χ0n) is 24.9. The van der Waals surface area contributed by atoms with E-state index in [9.17, 15) is 4.79 Å². The maximum atomic E-state index is 13.2. The number of benzene rings is 2. The zero-order chi connectivity index (χ0) is 29.5. The molecule has 0 unspecified atom stereocenters. The Morgan fingerprint density at radius 1 is 1.02 bits per heavy atom. The lowest BCUT2D eigenvalue weighted by Gasteiger charge is -2.32. The zero-order valence-corrected chi connectivity index (χ0v) is 24.9. The first kappa shape index (κ1) is 27.4. The summed E-state index contributed by atoms with van der Waals surface area (Å²) in [7, 11) is 3.68. The number of oxazole rings is 1. The van der Waals surface area contributed by atoms with Gasteiger partial charge < -0.3 is 29.0 Å². The van der Waals surface area contributed by atoms with E-state index in [1.807, 2.05) is 36.1 Å². The maximum absolute atomic E-state index is 13.2. The average molecular weight is 581 g/mol. The van der Waals surface area contributed by atoms with Gasteiger partial charge in [0.25, 0.3) is 5.91 Å². The van der Waals surface area contributed by atoms with Gasteiger partial charge in [0.1, 0.15) is 17.4 Å². The van der Waals surface area contributed by atoms with E-state index in [4.69, 9.17) is 23.9 Å². The number of allylic oxidation sites excluding steroid dienone is 1. The van der Waals surface area contributed by atoms with E-state index >= 15 is 0 Å². The minimum Gasteiger partial charge on any atom is -0.495 e. The number of aryl methyl sites for hydroxylation is 1. The third-order valence-electron chi connectivity index (χ3n) is 8.59. The third kappa shape index (κ3) is 5.43. The van der Waals surface area contributed by atoms with E-state index in [1.54, 1.807) is 13.2 Å². The van der Waals surface area contributed by atoms with E-state index < -0.39 is 0 Å². The van der Waals surface area contributed by atoms with E-state index in [1.165, 1.54) is 0 Å². The molecule has 1 saturated heterocycles. The third-order valence-corrected chi connectivity index (χ3v) is 8.59. The summed E-state index contributed by atoms with van der Waals surface area (Å²) in [4.78, 5) is 31.6. The summed E-state index contributed by atoms with van der Waals surface area (Å²) in [6, 6.07) is 11.5. The number of methoxy groups -OCH3 is 1. The van der Waals surface area contributed by atoms with E-state index in [0.29, 0.717) is 54.2 Å². The molecule has 3 aliphatic rings. The molecule has 1 saturated carbocycles. The van der Waals surface area contributed by atoms with Gasteiger partial charge in [0.15, 0.2) is 11.5 Å². The number of piperazine rings is 1. The Hall–Kier alpha value is -4.44. The van der Waals surface area contributed by atoms with Gasteiger partial charge in [-0.25, -0.2) is 9.97 Å². The molecule has 1 N–H and O–H groups in total. The van der Waals surface area contributed by atoms with Gasteiger partial charge in [-0.2, -0.15) is 4.98 Å². The molecule has 0 atom stereocenters. The number of carbonyl (C=O) groups excluding carboxylic acids is 1. The van der Waals surface area contributed by atoms with Crippen LogP contribution in [-0.2, 0) is 6.42 Å². The number of hydrogen-bond acceptors (Lipinski definition) is 9. The van der Waals surface area contributed by atoms with Gasteiger partial charge in [-0.05, 0) is 74.2 Å². The quantitative estimate of drug-likeness (QED) is 0.309. The molecule has 0 spiro atoms. The summed E-state index contributed by atoms with van der Waals surface area (Å²) in [5.74, 6) is 2.22. The van der Waals surface area contributed by atoms with Crippen LogP contribution in [0, 0.1) is 6.92 Å². The Balaban J connectivity index is 1.19. The fraction of sp³-hybridized carbons (Fsp3) is 0.394. The lowest BCUT2D eigenvalue weighted by molar-refractivity contribution is 0.0664. The van der Waals surface area contributed by atoms with E-state index in [0.717, 1.165) is 72.3 Å². The van der Waals surface area contributed by atoms with Crippen LogP contribution in [0.4, 0.5) is 11.6 Å². The first-order valence-corrected chi connectivity index (χ1v) is 15.0. The molecule has 2 aliphatic carbocycles. The molecule has 4 aromatic rings. The topological polar surface area (TPSA) is 106 Å². The van der Waals surface area contributed by atoms with Gasteiger partial charge >= 0.3 is 0 Å². The van der Waals surface area contributed by atoms with Crippen LogP contribution in [0.3, 0.4) is 0 Å². The summed E-state index contributed by atoms with van der Waals surface area (Å²) >= 11 is 0. The van der Waals surface area contributed by atoms with Crippen LogP contribution in [-0.4, -0.2) is 77.1 Å². The highest BCUT2D eigenvalue weighted by Gasteiger charge is 2.28. The van der Waals surface area contributed by atoms with Gasteiger partial charge in [0.05, 0.1) is 24.1 Å². The fourth-order valence-electron chi connectivity index (χ4n) is 6.22. The molecule has 7 rings (SSSR count). The number of fused-ring (bicyclic) bond motifs is 2. The van der Waals surface area contributed by atoms with Crippen LogP contribution < -0.4 is 14.8 Å². The number of anilines is 2. The van der Waals surface area contributed by atoms with Gasteiger partial charge in [0.2, 0.25) is 11.8 Å². The van der Waals surface area contributed by atoms with Crippen molar-refractivity contribution in [2.24, 2.45) is 0 Å². The molecule has 1 amide bonds. The number of nitrogens with zero attached hydrogens (tertiary/aromatic N) is 5. The molecule has 0 radical (unpaired) electrons. The number of nitrogens with one attached hydrogen (secondary N) is 1. The van der Waals surface area contributed by atoms with Crippen molar-refractivity contribution in [1.29, 1.82) is 0 Å². The van der Waals surface area contributed by atoms with Gasteiger partial charge in [-0.15, -0.1) is 0 Å². The molecule has 1 aliphatic heterocycles. The number of ether oxygens (including phenoxy) is 2. The van der Waals surface area contributed by atoms with Crippen molar-refractivity contribution in [3.05, 3.63) is 70.7 Å². The molecule has 0 bridgehead atoms. The number of carbonyl (C=O) groups is 1. The second-order valence-electron chi connectivity index (χ2n) is 11.6. The number of rotatable bonds is 7. The van der Waals surface area contributed by atoms with E-state index in [-0.39, 0.29) is 12.0 Å². The normalized spacial score (nSPS) is 17.3. The minimum absolute atomic E-state index is 0.0104. The molecule has 3 heterocycles. The van der Waals surface area contributed by atoms with Gasteiger partial charge in [-0.1, -0.05) is 12.1 Å². The number of likely N-dealkylation sites (N-methyl/N-ethyl adjacent to an activating group) is 1. The molecule has 2 aromatic carbocycles. The Bertz CT molecular complexity index is 1720. The maximum Gasteiger partial charge on any atom is 0.254 e. The van der Waals surface area contributed by atoms with Gasteiger partial charge in [0, 0.05) is 45.1 Å². The van der Waals surface area contributed by atoms with E-state index in [2.05, 4.69) is 34.4 Å². The van der Waals surface area contributed by atoms with Crippen LogP contribution >= 0.6 is 0 Å². The highest BCUT2D eigenvalue weighted by molar-refractivity contribution is 5.95. The van der Waals surface area contributed by atoms with Crippen molar-refractivity contribution < 1.29 is 18.7 Å². The molecule has 2 aromatic heterocycles. The summed E-state index contributed by atoms with van der Waals surface area (Å²) in [6.07, 6.45) is 7.30. The Morgan fingerprint density at radius 2 is 1.84 bits per heavy atom. The Kier molecular flexibility index (Phi) is 7.22. The second-order valence-corrected chi connectivity index (χ2v) is 11.6. The first-order chi connectivity index (χ1) is 20.9. The average Bonchev–Trinajstić information content (AvgIpc) is 3.76. The lowest BCUT2D eigenvalue weighted by Crippen LogP contribution is -2.47. The Labute approximate surface area is 250 Å². The van der Waals surface area contributed by atoms with Crippen LogP contribution in [0.2, 0.25) is 0 Å². The second kappa shape index (κ2) is 11.3.